The topological polar surface area (TPSA) is 50.8 Å². The molecule has 1 saturated heterocycles. The first-order chi connectivity index (χ1) is 11.8. The molecule has 8 heteroatoms. The Bertz CT molecular complexity index is 636. The average Bonchev–Trinajstić information content (AvgIpc) is 2.54. The van der Waals surface area contributed by atoms with Gasteiger partial charge in [0.1, 0.15) is 19.3 Å². The third kappa shape index (κ3) is 4.18. The van der Waals surface area contributed by atoms with Crippen LogP contribution in [0.15, 0.2) is 18.2 Å². The summed E-state index contributed by atoms with van der Waals surface area (Å²) >= 11 is 0. The number of benzene rings is 1. The molecule has 0 radical (unpaired) electrons. The molecule has 0 aliphatic carbocycles. The van der Waals surface area contributed by atoms with Gasteiger partial charge in [0.05, 0.1) is 0 Å². The molecule has 2 aliphatic rings. The smallest absolute Gasteiger partial charge is 0.404 e. The molecule has 2 heterocycles. The Morgan fingerprint density at radius 3 is 2.76 bits per heavy atom. The number of nitrogens with one attached hydrogen (secondary N) is 1. The maximum atomic E-state index is 13.4. The van der Waals surface area contributed by atoms with E-state index >= 15 is 0 Å². The molecular formula is C17H21F3N2O3. The Morgan fingerprint density at radius 2 is 2.04 bits per heavy atom. The van der Waals surface area contributed by atoms with Crippen LogP contribution in [0.25, 0.3) is 0 Å². The molecule has 3 rings (SSSR count). The van der Waals surface area contributed by atoms with E-state index in [1.54, 1.807) is 18.2 Å². The van der Waals surface area contributed by atoms with Crippen molar-refractivity contribution in [2.75, 3.05) is 19.8 Å². The van der Waals surface area contributed by atoms with Gasteiger partial charge in [-0.3, -0.25) is 9.69 Å². The summed E-state index contributed by atoms with van der Waals surface area (Å²) in [4.78, 5) is 12.6. The van der Waals surface area contributed by atoms with Gasteiger partial charge in [-0.05, 0) is 18.9 Å². The van der Waals surface area contributed by atoms with Crippen molar-refractivity contribution in [2.45, 2.75) is 44.6 Å². The summed E-state index contributed by atoms with van der Waals surface area (Å²) in [6.07, 6.45) is -4.04. The number of carbonyl (C=O) groups excluding carboxylic acids is 1. The lowest BCUT2D eigenvalue weighted by Crippen LogP contribution is -2.55. The van der Waals surface area contributed by atoms with Crippen LogP contribution < -0.4 is 14.8 Å². The number of halogens is 3. The van der Waals surface area contributed by atoms with Gasteiger partial charge in [-0.1, -0.05) is 12.1 Å². The van der Waals surface area contributed by atoms with Crippen LogP contribution in [0.3, 0.4) is 0 Å². The highest BCUT2D eigenvalue weighted by Crippen LogP contribution is 2.37. The first kappa shape index (κ1) is 17.8. The third-order valence-electron chi connectivity index (χ3n) is 4.49. The quantitative estimate of drug-likeness (QED) is 0.902. The fourth-order valence-electron chi connectivity index (χ4n) is 3.47. The maximum Gasteiger partial charge on any atom is 0.404 e. The molecule has 5 nitrogen and oxygen atoms in total. The number of hydrogen-bond donors (Lipinski definition) is 1. The lowest BCUT2D eigenvalue weighted by molar-refractivity contribution is -0.194. The van der Waals surface area contributed by atoms with Gasteiger partial charge in [0.2, 0.25) is 5.91 Å². The normalized spacial score (nSPS) is 24.0. The van der Waals surface area contributed by atoms with Crippen molar-refractivity contribution in [3.8, 4) is 11.5 Å². The monoisotopic (exact) mass is 358 g/mol. The number of fused-ring (bicyclic) bond motifs is 1. The molecule has 1 amide bonds. The minimum Gasteiger partial charge on any atom is -0.486 e. The fraction of sp³-hybridized carbons (Fsp3) is 0.588. The number of para-hydroxylation sites is 1. The van der Waals surface area contributed by atoms with Crippen molar-refractivity contribution in [3.05, 3.63) is 23.8 Å². The zero-order valence-corrected chi connectivity index (χ0v) is 13.9. The van der Waals surface area contributed by atoms with Gasteiger partial charge in [0, 0.05) is 31.6 Å². The van der Waals surface area contributed by atoms with E-state index in [2.05, 4.69) is 5.32 Å². The summed E-state index contributed by atoms with van der Waals surface area (Å²) in [7, 11) is 0. The molecule has 25 heavy (non-hydrogen) atoms. The molecule has 138 valence electrons. The third-order valence-corrected chi connectivity index (χ3v) is 4.49. The van der Waals surface area contributed by atoms with E-state index in [1.165, 1.54) is 11.8 Å². The number of hydrogen-bond acceptors (Lipinski definition) is 4. The molecule has 1 aromatic rings. The zero-order valence-electron chi connectivity index (χ0n) is 13.9. The minimum atomic E-state index is -4.31. The number of amides is 1. The van der Waals surface area contributed by atoms with Gasteiger partial charge in [0.15, 0.2) is 11.5 Å². The van der Waals surface area contributed by atoms with E-state index in [1.807, 2.05) is 0 Å². The van der Waals surface area contributed by atoms with E-state index in [-0.39, 0.29) is 31.5 Å². The molecular weight excluding hydrogens is 337 g/mol. The number of ether oxygens (including phenoxy) is 2. The van der Waals surface area contributed by atoms with Gasteiger partial charge in [-0.2, -0.15) is 13.2 Å². The summed E-state index contributed by atoms with van der Waals surface area (Å²) < 4.78 is 51.4. The Hall–Kier alpha value is -1.96. The highest BCUT2D eigenvalue weighted by atomic mass is 19.4. The van der Waals surface area contributed by atoms with Gasteiger partial charge >= 0.3 is 6.18 Å². The largest absolute Gasteiger partial charge is 0.486 e. The van der Waals surface area contributed by atoms with Crippen LogP contribution in [0.4, 0.5) is 13.2 Å². The van der Waals surface area contributed by atoms with Crippen molar-refractivity contribution in [3.63, 3.8) is 0 Å². The fourth-order valence-corrected chi connectivity index (χ4v) is 3.47. The number of likely N-dealkylation sites (tertiary alicyclic amines) is 1. The second kappa shape index (κ2) is 7.11. The summed E-state index contributed by atoms with van der Waals surface area (Å²) in [5.74, 6) is 0.836. The van der Waals surface area contributed by atoms with Gasteiger partial charge in [0.25, 0.3) is 0 Å². The van der Waals surface area contributed by atoms with Gasteiger partial charge < -0.3 is 14.8 Å². The van der Waals surface area contributed by atoms with E-state index in [9.17, 15) is 18.0 Å². The van der Waals surface area contributed by atoms with Crippen LogP contribution >= 0.6 is 0 Å². The van der Waals surface area contributed by atoms with Crippen LogP contribution in [0.5, 0.6) is 11.5 Å². The first-order valence-electron chi connectivity index (χ1n) is 8.30. The Morgan fingerprint density at radius 1 is 1.28 bits per heavy atom. The predicted molar refractivity (Wildman–Crippen MR) is 84.5 cm³/mol. The van der Waals surface area contributed by atoms with Crippen LogP contribution in [0, 0.1) is 0 Å². The number of nitrogens with zero attached hydrogens (tertiary/aromatic N) is 1. The van der Waals surface area contributed by atoms with Crippen LogP contribution in [-0.4, -0.2) is 48.8 Å². The van der Waals surface area contributed by atoms with Gasteiger partial charge in [-0.25, -0.2) is 0 Å². The molecule has 1 aromatic carbocycles. The van der Waals surface area contributed by atoms with Crippen molar-refractivity contribution in [1.29, 1.82) is 0 Å². The van der Waals surface area contributed by atoms with Gasteiger partial charge in [-0.15, -0.1) is 0 Å². The molecule has 1 N–H and O–H groups in total. The predicted octanol–water partition coefficient (Wildman–Crippen LogP) is 2.49. The maximum absolute atomic E-state index is 13.4. The lowest BCUT2D eigenvalue weighted by Gasteiger charge is -2.40. The SMILES string of the molecule is CC(=O)NC1CCC(C(F)(F)F)N(Cc2cccc3c2OCCO3)C1. The summed E-state index contributed by atoms with van der Waals surface area (Å²) in [6.45, 7) is 2.41. The standard InChI is InChI=1S/C17H21F3N2O3/c1-11(23)21-13-5-6-15(17(18,19)20)22(10-13)9-12-3-2-4-14-16(12)25-8-7-24-14/h2-4,13,15H,5-10H2,1H3,(H,21,23). The van der Waals surface area contributed by atoms with Crippen molar-refractivity contribution >= 4 is 5.91 Å². The van der Waals surface area contributed by atoms with E-state index in [0.717, 1.165) is 0 Å². The molecule has 0 aromatic heterocycles. The summed E-state index contributed by atoms with van der Waals surface area (Å²) in [5.41, 5.74) is 0.662. The molecule has 0 spiro atoms. The van der Waals surface area contributed by atoms with E-state index < -0.39 is 12.2 Å². The minimum absolute atomic E-state index is 0.0408. The second-order valence-electron chi connectivity index (χ2n) is 6.40. The van der Waals surface area contributed by atoms with Crippen LogP contribution in [-0.2, 0) is 11.3 Å². The van der Waals surface area contributed by atoms with E-state index in [4.69, 9.17) is 9.47 Å². The number of piperidine rings is 1. The molecule has 0 bridgehead atoms. The molecule has 1 fully saturated rings. The van der Waals surface area contributed by atoms with Crippen molar-refractivity contribution < 1.29 is 27.4 Å². The number of carbonyl (C=O) groups is 1. The number of alkyl halides is 3. The summed E-state index contributed by atoms with van der Waals surface area (Å²) in [5, 5.41) is 2.73. The highest BCUT2D eigenvalue weighted by Gasteiger charge is 2.46. The van der Waals surface area contributed by atoms with Crippen molar-refractivity contribution in [2.24, 2.45) is 0 Å². The lowest BCUT2D eigenvalue weighted by atomic mass is 9.96. The first-order valence-corrected chi connectivity index (χ1v) is 8.30. The average molecular weight is 358 g/mol. The summed E-state index contributed by atoms with van der Waals surface area (Å²) in [6, 6.07) is 3.44. The Kier molecular flexibility index (Phi) is 5.08. The molecule has 0 saturated carbocycles. The second-order valence-corrected chi connectivity index (χ2v) is 6.40. The highest BCUT2D eigenvalue weighted by molar-refractivity contribution is 5.73. The Balaban J connectivity index is 1.82. The molecule has 2 aliphatic heterocycles. The van der Waals surface area contributed by atoms with Crippen LogP contribution in [0.2, 0.25) is 0 Å². The number of rotatable bonds is 3. The molecule has 2 atom stereocenters. The molecule has 2 unspecified atom stereocenters. The Labute approximate surface area is 144 Å². The zero-order chi connectivity index (χ0) is 18.0. The van der Waals surface area contributed by atoms with E-state index in [0.29, 0.717) is 36.7 Å². The van der Waals surface area contributed by atoms with Crippen molar-refractivity contribution in [1.82, 2.24) is 10.2 Å². The van der Waals surface area contributed by atoms with Crippen LogP contribution in [0.1, 0.15) is 25.3 Å².